The number of anilines is 2. The average molecular weight is 618 g/mol. The lowest BCUT2D eigenvalue weighted by molar-refractivity contribution is -0.126. The Balaban J connectivity index is 1.46. The van der Waals surface area contributed by atoms with E-state index in [0.29, 0.717) is 50.3 Å². The van der Waals surface area contributed by atoms with Gasteiger partial charge in [0.15, 0.2) is 10.9 Å². The number of hydrogen-bond acceptors (Lipinski definition) is 9. The molecule has 2 fully saturated rings. The van der Waals surface area contributed by atoms with E-state index in [4.69, 9.17) is 22.1 Å². The van der Waals surface area contributed by atoms with Crippen molar-refractivity contribution < 1.29 is 22.7 Å². The Morgan fingerprint density at radius 2 is 1.98 bits per heavy atom. The van der Waals surface area contributed by atoms with Gasteiger partial charge in [-0.05, 0) is 37.7 Å². The molecule has 0 radical (unpaired) electrons. The minimum atomic E-state index is -0.958. The third-order valence-electron chi connectivity index (χ3n) is 7.73. The number of carbonyl (C=O) groups is 1. The Labute approximate surface area is 248 Å². The molecular formula is C28H27ClF3N7O2S. The fraction of sp³-hybridized carbons (Fsp3) is 0.357. The number of benzene rings is 2. The number of carbonyl (C=O) groups excluding carboxylic acids is 1. The zero-order valence-electron chi connectivity index (χ0n) is 22.6. The van der Waals surface area contributed by atoms with Gasteiger partial charge in [-0.15, -0.1) is 0 Å². The van der Waals surface area contributed by atoms with Crippen LogP contribution in [0, 0.1) is 11.6 Å². The van der Waals surface area contributed by atoms with E-state index < -0.39 is 17.8 Å². The van der Waals surface area contributed by atoms with Gasteiger partial charge in [0.2, 0.25) is 5.91 Å². The molecule has 1 amide bonds. The molecule has 0 aliphatic carbocycles. The number of alkyl halides is 1. The summed E-state index contributed by atoms with van der Waals surface area (Å²) < 4.78 is 51.1. The molecule has 6 rings (SSSR count). The predicted octanol–water partition coefficient (Wildman–Crippen LogP) is 4.68. The van der Waals surface area contributed by atoms with Gasteiger partial charge in [0, 0.05) is 55.3 Å². The number of hydrogen-bond donors (Lipinski definition) is 1. The highest BCUT2D eigenvalue weighted by atomic mass is 35.5. The van der Waals surface area contributed by atoms with Crippen LogP contribution in [0.3, 0.4) is 0 Å². The highest BCUT2D eigenvalue weighted by Gasteiger charge is 2.31. The Hall–Kier alpha value is -3.68. The maximum Gasteiger partial charge on any atom is 0.319 e. The van der Waals surface area contributed by atoms with Gasteiger partial charge in [-0.25, -0.2) is 18.2 Å². The topological polar surface area (TPSA) is 101 Å². The molecule has 2 aromatic heterocycles. The van der Waals surface area contributed by atoms with Crippen molar-refractivity contribution in [3.8, 4) is 17.1 Å². The van der Waals surface area contributed by atoms with Gasteiger partial charge in [-0.2, -0.15) is 9.97 Å². The van der Waals surface area contributed by atoms with Gasteiger partial charge in [0.05, 0.1) is 15.2 Å². The molecule has 42 heavy (non-hydrogen) atoms. The molecule has 4 aromatic rings. The van der Waals surface area contributed by atoms with Crippen molar-refractivity contribution in [2.45, 2.75) is 18.6 Å². The van der Waals surface area contributed by atoms with Crippen LogP contribution >= 0.6 is 22.9 Å². The molecule has 2 atom stereocenters. The van der Waals surface area contributed by atoms with Crippen molar-refractivity contribution in [1.82, 2.24) is 24.8 Å². The second kappa shape index (κ2) is 11.2. The Morgan fingerprint density at radius 3 is 2.67 bits per heavy atom. The Bertz CT molecular complexity index is 1710. The van der Waals surface area contributed by atoms with Crippen molar-refractivity contribution in [2.75, 3.05) is 57.0 Å². The molecule has 0 saturated carbocycles. The van der Waals surface area contributed by atoms with Crippen molar-refractivity contribution in [3.63, 3.8) is 0 Å². The summed E-state index contributed by atoms with van der Waals surface area (Å²) in [6.07, 6.45) is 0.616. The van der Waals surface area contributed by atoms with E-state index in [1.807, 2.05) is 16.8 Å². The lowest BCUT2D eigenvalue weighted by Crippen LogP contribution is -2.48. The highest BCUT2D eigenvalue weighted by molar-refractivity contribution is 7.22. The number of nitrogen functional groups attached to an aromatic ring is 1. The standard InChI is InChI=1S/C28H27ClF3N7O2S/c1-3-20(40)38-6-8-39(9-7-38)26-17-11-18(29)21(16-4-5-19(31)25-24(16)34-27(33)42-25)22(32)23(17)35-28(36-26)41-13-15-10-14(30)12-37(15)2/h3-5,11,14-15H,1,6-10,12-13H2,2H3,(H2,33,34)/t14-,15+/m1/s1. The van der Waals surface area contributed by atoms with Crippen molar-refractivity contribution in [3.05, 3.63) is 47.5 Å². The fourth-order valence-electron chi connectivity index (χ4n) is 5.55. The lowest BCUT2D eigenvalue weighted by Gasteiger charge is -2.35. The highest BCUT2D eigenvalue weighted by Crippen LogP contribution is 2.42. The number of piperazine rings is 1. The first kappa shape index (κ1) is 28.4. The van der Waals surface area contributed by atoms with Crippen LogP contribution in [0.25, 0.3) is 32.2 Å². The molecule has 2 aliphatic rings. The van der Waals surface area contributed by atoms with E-state index in [0.717, 1.165) is 11.3 Å². The van der Waals surface area contributed by atoms with E-state index in [-0.39, 0.29) is 61.6 Å². The second-order valence-corrected chi connectivity index (χ2v) is 11.8. The number of halogens is 4. The van der Waals surface area contributed by atoms with E-state index >= 15 is 4.39 Å². The summed E-state index contributed by atoms with van der Waals surface area (Å²) in [4.78, 5) is 30.8. The van der Waals surface area contributed by atoms with Crippen LogP contribution in [0.2, 0.25) is 5.02 Å². The van der Waals surface area contributed by atoms with Crippen molar-refractivity contribution in [2.24, 2.45) is 0 Å². The normalized spacial score (nSPS) is 19.6. The van der Waals surface area contributed by atoms with E-state index in [9.17, 15) is 13.6 Å². The summed E-state index contributed by atoms with van der Waals surface area (Å²) >= 11 is 7.66. The predicted molar refractivity (Wildman–Crippen MR) is 158 cm³/mol. The van der Waals surface area contributed by atoms with Crippen LogP contribution in [-0.2, 0) is 4.79 Å². The number of ether oxygens (including phenoxy) is 1. The minimum Gasteiger partial charge on any atom is -0.462 e. The van der Waals surface area contributed by atoms with Gasteiger partial charge < -0.3 is 20.3 Å². The van der Waals surface area contributed by atoms with Gasteiger partial charge in [-0.3, -0.25) is 9.69 Å². The second-order valence-electron chi connectivity index (χ2n) is 10.4. The molecule has 220 valence electrons. The number of aromatic nitrogens is 3. The summed E-state index contributed by atoms with van der Waals surface area (Å²) in [6, 6.07) is 3.93. The smallest absolute Gasteiger partial charge is 0.319 e. The number of likely N-dealkylation sites (tertiary alicyclic amines) is 1. The maximum atomic E-state index is 16.5. The van der Waals surface area contributed by atoms with Crippen LogP contribution in [-0.4, -0.2) is 89.3 Å². The number of rotatable bonds is 6. The Kier molecular flexibility index (Phi) is 7.58. The SMILES string of the molecule is C=CC(=O)N1CCN(c2nc(OC[C@@H]3C[C@@H](F)CN3C)nc3c(F)c(-c4ccc(F)c5sc(N)nc45)c(Cl)cc23)CC1. The molecular weight excluding hydrogens is 591 g/mol. The van der Waals surface area contributed by atoms with Gasteiger partial charge in [-0.1, -0.05) is 29.5 Å². The zero-order chi connectivity index (χ0) is 29.7. The van der Waals surface area contributed by atoms with E-state index in [1.165, 1.54) is 18.2 Å². The molecule has 2 aromatic carbocycles. The van der Waals surface area contributed by atoms with Crippen molar-refractivity contribution in [1.29, 1.82) is 0 Å². The molecule has 0 bridgehead atoms. The Morgan fingerprint density at radius 1 is 1.21 bits per heavy atom. The van der Waals surface area contributed by atoms with Crippen LogP contribution in [0.15, 0.2) is 30.9 Å². The molecule has 9 nitrogen and oxygen atoms in total. The number of fused-ring (bicyclic) bond motifs is 2. The number of nitrogens with zero attached hydrogens (tertiary/aromatic N) is 6. The monoisotopic (exact) mass is 617 g/mol. The molecule has 4 heterocycles. The van der Waals surface area contributed by atoms with Crippen LogP contribution < -0.4 is 15.4 Å². The summed E-state index contributed by atoms with van der Waals surface area (Å²) in [5, 5.41) is 0.533. The number of amides is 1. The molecule has 2 saturated heterocycles. The quantitative estimate of drug-likeness (QED) is 0.312. The summed E-state index contributed by atoms with van der Waals surface area (Å²) in [5.41, 5.74) is 6.25. The first-order chi connectivity index (χ1) is 20.1. The lowest BCUT2D eigenvalue weighted by atomic mass is 10.0. The third-order valence-corrected chi connectivity index (χ3v) is 8.92. The maximum absolute atomic E-state index is 16.5. The molecule has 14 heteroatoms. The van der Waals surface area contributed by atoms with Crippen LogP contribution in [0.5, 0.6) is 6.01 Å². The van der Waals surface area contributed by atoms with Crippen LogP contribution in [0.4, 0.5) is 24.1 Å². The third kappa shape index (κ3) is 5.09. The zero-order valence-corrected chi connectivity index (χ0v) is 24.2. The number of likely N-dealkylation sites (N-methyl/N-ethyl adjacent to an activating group) is 1. The summed E-state index contributed by atoms with van der Waals surface area (Å²) in [7, 11) is 1.81. The fourth-order valence-corrected chi connectivity index (χ4v) is 6.61. The van der Waals surface area contributed by atoms with Crippen molar-refractivity contribution >= 4 is 60.9 Å². The van der Waals surface area contributed by atoms with Gasteiger partial charge >= 0.3 is 6.01 Å². The van der Waals surface area contributed by atoms with Crippen LogP contribution in [0.1, 0.15) is 6.42 Å². The minimum absolute atomic E-state index is 0.00716. The number of thiazole rings is 1. The molecule has 2 aliphatic heterocycles. The number of nitrogens with two attached hydrogens (primary N) is 1. The van der Waals surface area contributed by atoms with Gasteiger partial charge in [0.25, 0.3) is 0 Å². The molecule has 2 N–H and O–H groups in total. The molecule has 0 unspecified atom stereocenters. The van der Waals surface area contributed by atoms with E-state index in [1.54, 1.807) is 11.0 Å². The summed E-state index contributed by atoms with van der Waals surface area (Å²) in [5.74, 6) is -1.07. The average Bonchev–Trinajstić information content (AvgIpc) is 3.53. The first-order valence-corrected chi connectivity index (χ1v) is 14.5. The summed E-state index contributed by atoms with van der Waals surface area (Å²) in [6.45, 7) is 5.61. The molecule has 0 spiro atoms. The van der Waals surface area contributed by atoms with E-state index in [2.05, 4.69) is 21.5 Å². The first-order valence-electron chi connectivity index (χ1n) is 13.3. The van der Waals surface area contributed by atoms with Gasteiger partial charge in [0.1, 0.15) is 29.9 Å². The largest absolute Gasteiger partial charge is 0.462 e.